The second-order valence-electron chi connectivity index (χ2n) is 7.17. The molecule has 5 nitrogen and oxygen atoms in total. The summed E-state index contributed by atoms with van der Waals surface area (Å²) in [5.41, 5.74) is 1.59. The average molecular weight is 474 g/mol. The van der Waals surface area contributed by atoms with Gasteiger partial charge in [0.15, 0.2) is 0 Å². The van der Waals surface area contributed by atoms with Crippen LogP contribution in [0.25, 0.3) is 22.0 Å². The van der Waals surface area contributed by atoms with E-state index in [0.717, 1.165) is 21.4 Å². The SMILES string of the molecule is C=CC(=O)N1CC(NC(=O)Cn2cc(-c3ccc(F)cc3F)c3cc(Br)ccc32)C1. The van der Waals surface area contributed by atoms with Gasteiger partial charge >= 0.3 is 0 Å². The molecular weight excluding hydrogens is 456 g/mol. The van der Waals surface area contributed by atoms with Crippen molar-refractivity contribution in [2.45, 2.75) is 12.6 Å². The molecule has 4 rings (SSSR count). The monoisotopic (exact) mass is 473 g/mol. The normalized spacial score (nSPS) is 13.9. The molecule has 0 unspecified atom stereocenters. The van der Waals surface area contributed by atoms with Crippen molar-refractivity contribution in [2.24, 2.45) is 0 Å². The number of hydrogen-bond donors (Lipinski definition) is 1. The number of hydrogen-bond acceptors (Lipinski definition) is 2. The largest absolute Gasteiger partial charge is 0.348 e. The molecule has 0 bridgehead atoms. The van der Waals surface area contributed by atoms with E-state index in [1.807, 2.05) is 18.2 Å². The lowest BCUT2D eigenvalue weighted by atomic mass is 10.0. The third-order valence-corrected chi connectivity index (χ3v) is 5.60. The molecule has 1 aliphatic rings. The molecule has 1 fully saturated rings. The van der Waals surface area contributed by atoms with Gasteiger partial charge in [-0.1, -0.05) is 22.5 Å². The third-order valence-electron chi connectivity index (χ3n) is 5.11. The zero-order valence-electron chi connectivity index (χ0n) is 15.9. The number of rotatable bonds is 5. The number of likely N-dealkylation sites (tertiary alicyclic amines) is 1. The number of nitrogens with one attached hydrogen (secondary N) is 1. The molecule has 3 aromatic rings. The topological polar surface area (TPSA) is 54.3 Å². The standard InChI is InChI=1S/C22H18BrF2N3O2/c1-2-22(30)28-9-15(10-28)26-21(29)12-27-11-18(16-5-4-14(24)8-19(16)25)17-7-13(23)3-6-20(17)27/h2-8,11,15H,1,9-10,12H2,(H,26,29). The van der Waals surface area contributed by atoms with Gasteiger partial charge in [-0.2, -0.15) is 0 Å². The second kappa shape index (κ2) is 8.02. The minimum absolute atomic E-state index is 0.0346. The fraction of sp³-hybridized carbons (Fsp3) is 0.182. The Labute approximate surface area is 180 Å². The molecule has 0 spiro atoms. The maximum Gasteiger partial charge on any atom is 0.246 e. The summed E-state index contributed by atoms with van der Waals surface area (Å²) in [6, 6.07) is 8.86. The first-order valence-corrected chi connectivity index (χ1v) is 10.1. The van der Waals surface area contributed by atoms with Crippen LogP contribution in [0.15, 0.2) is 59.7 Å². The van der Waals surface area contributed by atoms with E-state index in [9.17, 15) is 18.4 Å². The Morgan fingerprint density at radius 3 is 2.63 bits per heavy atom. The summed E-state index contributed by atoms with van der Waals surface area (Å²) in [6.45, 7) is 4.37. The first kappa shape index (κ1) is 20.3. The van der Waals surface area contributed by atoms with Crippen LogP contribution in [0, 0.1) is 11.6 Å². The van der Waals surface area contributed by atoms with E-state index in [-0.39, 0.29) is 30.0 Å². The molecule has 2 aromatic carbocycles. The fourth-order valence-corrected chi connectivity index (χ4v) is 3.99. The lowest BCUT2D eigenvalue weighted by Crippen LogP contribution is -2.61. The van der Waals surface area contributed by atoms with Gasteiger partial charge in [-0.05, 0) is 36.4 Å². The Morgan fingerprint density at radius 2 is 1.93 bits per heavy atom. The lowest BCUT2D eigenvalue weighted by Gasteiger charge is -2.38. The number of carbonyl (C=O) groups excluding carboxylic acids is 2. The van der Waals surface area contributed by atoms with Gasteiger partial charge in [-0.3, -0.25) is 9.59 Å². The predicted octanol–water partition coefficient (Wildman–Crippen LogP) is 3.86. The number of aromatic nitrogens is 1. The Kier molecular flexibility index (Phi) is 5.42. The van der Waals surface area contributed by atoms with Crippen molar-refractivity contribution in [1.82, 2.24) is 14.8 Å². The summed E-state index contributed by atoms with van der Waals surface area (Å²) < 4.78 is 30.3. The quantitative estimate of drug-likeness (QED) is 0.572. The Morgan fingerprint density at radius 1 is 1.17 bits per heavy atom. The van der Waals surface area contributed by atoms with Gasteiger partial charge < -0.3 is 14.8 Å². The van der Waals surface area contributed by atoms with Crippen LogP contribution >= 0.6 is 15.9 Å². The Balaban J connectivity index is 1.58. The van der Waals surface area contributed by atoms with E-state index in [2.05, 4.69) is 27.8 Å². The molecule has 2 heterocycles. The van der Waals surface area contributed by atoms with E-state index >= 15 is 0 Å². The second-order valence-corrected chi connectivity index (χ2v) is 8.08. The molecule has 0 aliphatic carbocycles. The van der Waals surface area contributed by atoms with Gasteiger partial charge in [0.2, 0.25) is 11.8 Å². The van der Waals surface area contributed by atoms with Gasteiger partial charge in [-0.25, -0.2) is 8.78 Å². The highest BCUT2D eigenvalue weighted by Gasteiger charge is 2.30. The molecule has 1 saturated heterocycles. The van der Waals surface area contributed by atoms with Crippen molar-refractivity contribution >= 4 is 38.6 Å². The minimum Gasteiger partial charge on any atom is -0.348 e. The number of halogens is 3. The number of carbonyl (C=O) groups is 2. The maximum absolute atomic E-state index is 14.4. The third kappa shape index (κ3) is 3.87. The van der Waals surface area contributed by atoms with Crippen molar-refractivity contribution in [1.29, 1.82) is 0 Å². The summed E-state index contributed by atoms with van der Waals surface area (Å²) in [5, 5.41) is 3.64. The summed E-state index contributed by atoms with van der Waals surface area (Å²) in [6.07, 6.45) is 2.94. The molecule has 2 amide bonds. The minimum atomic E-state index is -0.667. The average Bonchev–Trinajstić information content (AvgIpc) is 3.01. The summed E-state index contributed by atoms with van der Waals surface area (Å²) in [7, 11) is 0. The zero-order chi connectivity index (χ0) is 21.4. The van der Waals surface area contributed by atoms with Crippen LogP contribution in [-0.4, -0.2) is 40.4 Å². The summed E-state index contributed by atoms with van der Waals surface area (Å²) in [4.78, 5) is 25.6. The zero-order valence-corrected chi connectivity index (χ0v) is 17.5. The summed E-state index contributed by atoms with van der Waals surface area (Å²) >= 11 is 3.42. The molecule has 1 aromatic heterocycles. The summed E-state index contributed by atoms with van der Waals surface area (Å²) in [5.74, 6) is -1.69. The van der Waals surface area contributed by atoms with Crippen molar-refractivity contribution in [3.8, 4) is 11.1 Å². The van der Waals surface area contributed by atoms with Crippen LogP contribution < -0.4 is 5.32 Å². The molecule has 30 heavy (non-hydrogen) atoms. The van der Waals surface area contributed by atoms with E-state index < -0.39 is 11.6 Å². The predicted molar refractivity (Wildman–Crippen MR) is 114 cm³/mol. The number of fused-ring (bicyclic) bond motifs is 1. The molecule has 1 N–H and O–H groups in total. The first-order chi connectivity index (χ1) is 14.4. The smallest absolute Gasteiger partial charge is 0.246 e. The number of benzene rings is 2. The molecular formula is C22H18BrF2N3O2. The maximum atomic E-state index is 14.4. The number of nitrogens with zero attached hydrogens (tertiary/aromatic N) is 2. The van der Waals surface area contributed by atoms with Crippen LogP contribution in [0.5, 0.6) is 0 Å². The van der Waals surface area contributed by atoms with Gasteiger partial charge in [0.05, 0.1) is 6.04 Å². The molecule has 0 radical (unpaired) electrons. The molecule has 0 saturated carbocycles. The van der Waals surface area contributed by atoms with Crippen LogP contribution in [0.1, 0.15) is 0 Å². The molecule has 0 atom stereocenters. The molecule has 8 heteroatoms. The lowest BCUT2D eigenvalue weighted by molar-refractivity contribution is -0.133. The van der Waals surface area contributed by atoms with Crippen LogP contribution in [0.4, 0.5) is 8.78 Å². The van der Waals surface area contributed by atoms with Crippen molar-refractivity contribution < 1.29 is 18.4 Å². The van der Waals surface area contributed by atoms with Gasteiger partial charge in [0.1, 0.15) is 18.2 Å². The Hall–Kier alpha value is -3.00. The fourth-order valence-electron chi connectivity index (χ4n) is 3.63. The van der Waals surface area contributed by atoms with Crippen molar-refractivity contribution in [3.63, 3.8) is 0 Å². The highest BCUT2D eigenvalue weighted by atomic mass is 79.9. The van der Waals surface area contributed by atoms with Crippen LogP contribution in [-0.2, 0) is 16.1 Å². The van der Waals surface area contributed by atoms with Gasteiger partial charge in [0.25, 0.3) is 0 Å². The van der Waals surface area contributed by atoms with Crippen LogP contribution in [0.2, 0.25) is 0 Å². The van der Waals surface area contributed by atoms with E-state index in [1.165, 1.54) is 18.2 Å². The van der Waals surface area contributed by atoms with E-state index in [1.54, 1.807) is 15.7 Å². The van der Waals surface area contributed by atoms with E-state index in [4.69, 9.17) is 0 Å². The van der Waals surface area contributed by atoms with Gasteiger partial charge in [0, 0.05) is 51.9 Å². The highest BCUT2D eigenvalue weighted by Crippen LogP contribution is 2.34. The van der Waals surface area contributed by atoms with Crippen molar-refractivity contribution in [2.75, 3.05) is 13.1 Å². The molecule has 154 valence electrons. The van der Waals surface area contributed by atoms with Gasteiger partial charge in [-0.15, -0.1) is 0 Å². The van der Waals surface area contributed by atoms with Crippen molar-refractivity contribution in [3.05, 3.63) is 71.4 Å². The Bertz CT molecular complexity index is 1170. The van der Waals surface area contributed by atoms with E-state index in [0.29, 0.717) is 18.7 Å². The molecule has 1 aliphatic heterocycles. The number of amides is 2. The van der Waals surface area contributed by atoms with Crippen LogP contribution in [0.3, 0.4) is 0 Å². The highest BCUT2D eigenvalue weighted by molar-refractivity contribution is 9.10. The first-order valence-electron chi connectivity index (χ1n) is 9.30.